The van der Waals surface area contributed by atoms with Gasteiger partial charge in [-0.05, 0) is 44.2 Å². The largest absolute Gasteiger partial charge is 0.399 e. The highest BCUT2D eigenvalue weighted by atomic mass is 16.1. The fourth-order valence-electron chi connectivity index (χ4n) is 2.18. The summed E-state index contributed by atoms with van der Waals surface area (Å²) in [6.45, 7) is 13.8. The molecule has 118 valence electrons. The van der Waals surface area contributed by atoms with E-state index in [0.29, 0.717) is 11.3 Å². The van der Waals surface area contributed by atoms with Crippen molar-refractivity contribution in [2.75, 3.05) is 12.8 Å². The van der Waals surface area contributed by atoms with Crippen LogP contribution in [0.2, 0.25) is 0 Å². The molecule has 0 aromatic heterocycles. The molecule has 22 heavy (non-hydrogen) atoms. The first-order valence-corrected chi connectivity index (χ1v) is 7.22. The Bertz CT molecular complexity index is 578. The highest BCUT2D eigenvalue weighted by molar-refractivity contribution is 5.85. The van der Waals surface area contributed by atoms with Gasteiger partial charge >= 0.3 is 0 Å². The molecule has 4 nitrogen and oxygen atoms in total. The Morgan fingerprint density at radius 2 is 2.14 bits per heavy atom. The van der Waals surface area contributed by atoms with E-state index >= 15 is 0 Å². The summed E-state index contributed by atoms with van der Waals surface area (Å²) in [5, 5.41) is 2.99. The molecule has 1 aromatic rings. The second kappa shape index (κ2) is 8.08. The van der Waals surface area contributed by atoms with Gasteiger partial charge in [0, 0.05) is 41.3 Å². The molecular weight excluding hydrogens is 274 g/mol. The summed E-state index contributed by atoms with van der Waals surface area (Å²) in [5.41, 5.74) is 9.52. The zero-order valence-electron chi connectivity index (χ0n) is 13.4. The molecular formula is C18H25N3O. The zero-order valence-corrected chi connectivity index (χ0v) is 13.4. The van der Waals surface area contributed by atoms with Crippen LogP contribution in [0.25, 0.3) is 5.70 Å². The number of carbonyl (C=O) groups excluding carboxylic acids is 1. The summed E-state index contributed by atoms with van der Waals surface area (Å²) < 4.78 is 0. The van der Waals surface area contributed by atoms with Gasteiger partial charge in [0.25, 0.3) is 0 Å². The summed E-state index contributed by atoms with van der Waals surface area (Å²) >= 11 is 0. The van der Waals surface area contributed by atoms with Crippen LogP contribution in [-0.4, -0.2) is 24.3 Å². The van der Waals surface area contributed by atoms with E-state index in [1.165, 1.54) is 0 Å². The SMILES string of the molecule is C=CNC(=C)CCC(C)N(C)C(=C)c1cc(N)ccc1C=O. The third-order valence-corrected chi connectivity index (χ3v) is 3.77. The van der Waals surface area contributed by atoms with Gasteiger partial charge < -0.3 is 16.0 Å². The van der Waals surface area contributed by atoms with E-state index < -0.39 is 0 Å². The van der Waals surface area contributed by atoms with Gasteiger partial charge in [0.1, 0.15) is 0 Å². The molecule has 0 spiro atoms. The number of anilines is 1. The number of benzene rings is 1. The van der Waals surface area contributed by atoms with Gasteiger partial charge in [0.15, 0.2) is 6.29 Å². The maximum Gasteiger partial charge on any atom is 0.150 e. The molecule has 0 aliphatic heterocycles. The smallest absolute Gasteiger partial charge is 0.150 e. The molecule has 0 aliphatic carbocycles. The summed E-state index contributed by atoms with van der Waals surface area (Å²) in [5.74, 6) is 0. The van der Waals surface area contributed by atoms with Crippen molar-refractivity contribution in [3.63, 3.8) is 0 Å². The van der Waals surface area contributed by atoms with Gasteiger partial charge in [-0.1, -0.05) is 19.7 Å². The average molecular weight is 299 g/mol. The number of nitrogens with two attached hydrogens (primary N) is 1. The predicted octanol–water partition coefficient (Wildman–Crippen LogP) is 3.40. The number of nitrogens with zero attached hydrogens (tertiary/aromatic N) is 1. The number of allylic oxidation sites excluding steroid dienone is 1. The highest BCUT2D eigenvalue weighted by Crippen LogP contribution is 2.25. The van der Waals surface area contributed by atoms with Crippen molar-refractivity contribution in [3.05, 3.63) is 61.0 Å². The molecule has 0 fully saturated rings. The van der Waals surface area contributed by atoms with E-state index in [1.807, 2.05) is 7.05 Å². The predicted molar refractivity (Wildman–Crippen MR) is 94.2 cm³/mol. The van der Waals surface area contributed by atoms with Gasteiger partial charge in [-0.25, -0.2) is 0 Å². The van der Waals surface area contributed by atoms with Crippen LogP contribution < -0.4 is 11.1 Å². The molecule has 0 bridgehead atoms. The first-order valence-electron chi connectivity index (χ1n) is 7.22. The molecule has 1 aromatic carbocycles. The minimum absolute atomic E-state index is 0.247. The number of rotatable bonds is 9. The van der Waals surface area contributed by atoms with Crippen molar-refractivity contribution in [1.29, 1.82) is 0 Å². The van der Waals surface area contributed by atoms with Crippen molar-refractivity contribution < 1.29 is 4.79 Å². The lowest BCUT2D eigenvalue weighted by molar-refractivity contribution is 0.112. The quantitative estimate of drug-likeness (QED) is 0.542. The Labute approximate surface area is 133 Å². The minimum Gasteiger partial charge on any atom is -0.399 e. The van der Waals surface area contributed by atoms with E-state index in [9.17, 15) is 4.79 Å². The molecule has 0 heterocycles. The monoisotopic (exact) mass is 299 g/mol. The molecule has 1 rings (SSSR count). The third kappa shape index (κ3) is 4.52. The van der Waals surface area contributed by atoms with Crippen LogP contribution in [0.3, 0.4) is 0 Å². The fraction of sp³-hybridized carbons (Fsp3) is 0.278. The van der Waals surface area contributed by atoms with Crippen molar-refractivity contribution in [3.8, 4) is 0 Å². The molecule has 0 amide bonds. The van der Waals surface area contributed by atoms with Gasteiger partial charge in [0.2, 0.25) is 0 Å². The van der Waals surface area contributed by atoms with Crippen molar-refractivity contribution in [1.82, 2.24) is 10.2 Å². The number of nitrogen functional groups attached to an aromatic ring is 1. The Kier molecular flexibility index (Phi) is 6.45. The molecule has 4 heteroatoms. The summed E-state index contributed by atoms with van der Waals surface area (Å²) in [6, 6.07) is 5.47. The van der Waals surface area contributed by atoms with E-state index in [2.05, 4.69) is 36.9 Å². The van der Waals surface area contributed by atoms with E-state index in [0.717, 1.165) is 36.1 Å². The average Bonchev–Trinajstić information content (AvgIpc) is 2.51. The molecule has 3 N–H and O–H groups in total. The van der Waals surface area contributed by atoms with Gasteiger partial charge in [0.05, 0.1) is 0 Å². The molecule has 0 saturated carbocycles. The minimum atomic E-state index is 0.247. The Balaban J connectivity index is 2.79. The summed E-state index contributed by atoms with van der Waals surface area (Å²) in [7, 11) is 1.97. The normalized spacial score (nSPS) is 11.4. The third-order valence-electron chi connectivity index (χ3n) is 3.77. The van der Waals surface area contributed by atoms with Crippen LogP contribution in [0, 0.1) is 0 Å². The number of aldehydes is 1. The number of carbonyl (C=O) groups is 1. The van der Waals surface area contributed by atoms with Crippen molar-refractivity contribution in [2.45, 2.75) is 25.8 Å². The fourth-order valence-corrected chi connectivity index (χ4v) is 2.18. The van der Waals surface area contributed by atoms with E-state index in [1.54, 1.807) is 24.4 Å². The molecule has 0 radical (unpaired) electrons. The Morgan fingerprint density at radius 1 is 1.45 bits per heavy atom. The lowest BCUT2D eigenvalue weighted by Gasteiger charge is -2.30. The first-order chi connectivity index (χ1) is 10.4. The molecule has 0 aliphatic rings. The molecule has 1 atom stereocenters. The van der Waals surface area contributed by atoms with Crippen molar-refractivity contribution >= 4 is 17.7 Å². The van der Waals surface area contributed by atoms with Gasteiger partial charge in [-0.2, -0.15) is 0 Å². The standard InChI is InChI=1S/C18H25N3O/c1-6-20-13(2)7-8-14(3)21(5)15(4)18-11-17(19)10-9-16(18)12-22/h6,9-12,14,20H,1-2,4,7-8,19H2,3,5H3. The first kappa shape index (κ1) is 17.6. The van der Waals surface area contributed by atoms with Crippen LogP contribution in [0.5, 0.6) is 0 Å². The summed E-state index contributed by atoms with van der Waals surface area (Å²) in [4.78, 5) is 13.3. The highest BCUT2D eigenvalue weighted by Gasteiger charge is 2.15. The molecule has 1 unspecified atom stereocenters. The van der Waals surface area contributed by atoms with E-state index in [4.69, 9.17) is 5.73 Å². The Hall–Kier alpha value is -2.49. The number of hydrogen-bond acceptors (Lipinski definition) is 4. The van der Waals surface area contributed by atoms with Crippen molar-refractivity contribution in [2.24, 2.45) is 0 Å². The maximum atomic E-state index is 11.2. The number of hydrogen-bond donors (Lipinski definition) is 2. The second-order valence-corrected chi connectivity index (χ2v) is 5.36. The van der Waals surface area contributed by atoms with Crippen LogP contribution in [0.1, 0.15) is 35.7 Å². The lowest BCUT2D eigenvalue weighted by Crippen LogP contribution is -2.28. The zero-order chi connectivity index (χ0) is 16.7. The second-order valence-electron chi connectivity index (χ2n) is 5.36. The van der Waals surface area contributed by atoms with Crippen LogP contribution in [0.4, 0.5) is 5.69 Å². The van der Waals surface area contributed by atoms with E-state index in [-0.39, 0.29) is 6.04 Å². The van der Waals surface area contributed by atoms with Crippen LogP contribution in [0.15, 0.2) is 49.8 Å². The summed E-state index contributed by atoms with van der Waals surface area (Å²) in [6.07, 6.45) is 4.20. The Morgan fingerprint density at radius 3 is 2.73 bits per heavy atom. The maximum absolute atomic E-state index is 11.2. The topological polar surface area (TPSA) is 58.4 Å². The van der Waals surface area contributed by atoms with Crippen LogP contribution in [-0.2, 0) is 0 Å². The van der Waals surface area contributed by atoms with Crippen LogP contribution >= 0.6 is 0 Å². The lowest BCUT2D eigenvalue weighted by atomic mass is 10.0. The number of nitrogens with one attached hydrogen (secondary N) is 1. The molecule has 0 saturated heterocycles. The van der Waals surface area contributed by atoms with Gasteiger partial charge in [-0.3, -0.25) is 4.79 Å². The van der Waals surface area contributed by atoms with Gasteiger partial charge in [-0.15, -0.1) is 0 Å².